The fraction of sp³-hybridized carbons (Fsp3) is 0.118. The van der Waals surface area contributed by atoms with Crippen LogP contribution in [0.15, 0.2) is 54.6 Å². The van der Waals surface area contributed by atoms with Crippen LogP contribution < -0.4 is 10.1 Å². The molecular weight excluding hydrogens is 269 g/mol. The number of hydrogen-bond acceptors (Lipinski definition) is 2. The first kappa shape index (κ1) is 14.8. The lowest BCUT2D eigenvalue weighted by Gasteiger charge is -2.04. The number of carbonyl (C=O) groups is 1. The molecule has 0 spiro atoms. The summed E-state index contributed by atoms with van der Waals surface area (Å²) in [4.78, 5) is 11.7. The van der Waals surface area contributed by atoms with Crippen LogP contribution in [0.5, 0.6) is 5.75 Å². The summed E-state index contributed by atoms with van der Waals surface area (Å²) in [6.07, 6.45) is 2.96. The van der Waals surface area contributed by atoms with Gasteiger partial charge in [0.2, 0.25) is 5.91 Å². The number of methoxy groups -OCH3 is 1. The Kier molecular flexibility index (Phi) is 5.10. The second kappa shape index (κ2) is 7.24. The summed E-state index contributed by atoms with van der Waals surface area (Å²) in [6, 6.07) is 13.5. The Balaban J connectivity index is 1.86. The Morgan fingerprint density at radius 3 is 2.67 bits per heavy atom. The van der Waals surface area contributed by atoms with Gasteiger partial charge in [-0.05, 0) is 41.5 Å². The fourth-order valence-electron chi connectivity index (χ4n) is 1.77. The average Bonchev–Trinajstić information content (AvgIpc) is 2.51. The number of benzene rings is 2. The number of rotatable bonds is 5. The van der Waals surface area contributed by atoms with Gasteiger partial charge in [-0.25, -0.2) is 4.39 Å². The summed E-state index contributed by atoms with van der Waals surface area (Å²) < 4.78 is 18.0. The molecule has 1 N–H and O–H groups in total. The van der Waals surface area contributed by atoms with Gasteiger partial charge in [0.1, 0.15) is 11.6 Å². The zero-order valence-corrected chi connectivity index (χ0v) is 11.7. The summed E-state index contributed by atoms with van der Waals surface area (Å²) in [5.41, 5.74) is 1.62. The summed E-state index contributed by atoms with van der Waals surface area (Å²) in [7, 11) is 1.61. The van der Waals surface area contributed by atoms with E-state index in [4.69, 9.17) is 4.74 Å². The molecule has 0 fully saturated rings. The van der Waals surface area contributed by atoms with Crippen molar-refractivity contribution in [3.63, 3.8) is 0 Å². The van der Waals surface area contributed by atoms with E-state index in [1.165, 1.54) is 18.2 Å². The smallest absolute Gasteiger partial charge is 0.244 e. The summed E-state index contributed by atoms with van der Waals surface area (Å²) in [5, 5.41) is 2.76. The summed E-state index contributed by atoms with van der Waals surface area (Å²) in [6.45, 7) is 0.427. The Morgan fingerprint density at radius 2 is 2.00 bits per heavy atom. The second-order valence-corrected chi connectivity index (χ2v) is 4.45. The molecule has 1 amide bonds. The van der Waals surface area contributed by atoms with E-state index in [1.807, 2.05) is 24.3 Å². The van der Waals surface area contributed by atoms with E-state index in [0.29, 0.717) is 12.1 Å². The number of amides is 1. The molecule has 2 aromatic rings. The van der Waals surface area contributed by atoms with Gasteiger partial charge in [-0.1, -0.05) is 24.3 Å². The normalized spacial score (nSPS) is 10.6. The number of carbonyl (C=O) groups excluding carboxylic acids is 1. The van der Waals surface area contributed by atoms with Gasteiger partial charge in [-0.3, -0.25) is 4.79 Å². The quantitative estimate of drug-likeness (QED) is 0.857. The van der Waals surface area contributed by atoms with E-state index >= 15 is 0 Å². The van der Waals surface area contributed by atoms with Crippen molar-refractivity contribution in [1.29, 1.82) is 0 Å². The van der Waals surface area contributed by atoms with E-state index in [9.17, 15) is 9.18 Å². The van der Waals surface area contributed by atoms with Gasteiger partial charge < -0.3 is 10.1 Å². The maximum atomic E-state index is 13.0. The Labute approximate surface area is 123 Å². The number of halogens is 1. The molecule has 0 aliphatic carbocycles. The van der Waals surface area contributed by atoms with Crippen molar-refractivity contribution < 1.29 is 13.9 Å². The van der Waals surface area contributed by atoms with Crippen LogP contribution in [-0.2, 0) is 11.3 Å². The molecule has 3 nitrogen and oxygen atoms in total. The molecule has 0 aliphatic rings. The molecule has 0 aromatic heterocycles. The van der Waals surface area contributed by atoms with Crippen molar-refractivity contribution in [2.75, 3.05) is 7.11 Å². The van der Waals surface area contributed by atoms with Crippen LogP contribution in [0.4, 0.5) is 4.39 Å². The molecule has 0 atom stereocenters. The number of hydrogen-bond donors (Lipinski definition) is 1. The van der Waals surface area contributed by atoms with E-state index in [2.05, 4.69) is 5.32 Å². The highest BCUT2D eigenvalue weighted by Gasteiger charge is 1.98. The molecule has 4 heteroatoms. The largest absolute Gasteiger partial charge is 0.497 e. The maximum Gasteiger partial charge on any atom is 0.244 e. The van der Waals surface area contributed by atoms with Crippen LogP contribution in [0.2, 0.25) is 0 Å². The predicted octanol–water partition coefficient (Wildman–Crippen LogP) is 3.16. The highest BCUT2D eigenvalue weighted by molar-refractivity contribution is 5.91. The van der Waals surface area contributed by atoms with Crippen molar-refractivity contribution >= 4 is 12.0 Å². The van der Waals surface area contributed by atoms with Gasteiger partial charge in [0.15, 0.2) is 0 Å². The van der Waals surface area contributed by atoms with Crippen LogP contribution in [-0.4, -0.2) is 13.0 Å². The lowest BCUT2D eigenvalue weighted by molar-refractivity contribution is -0.116. The molecule has 2 aromatic carbocycles. The van der Waals surface area contributed by atoms with Gasteiger partial charge in [0.25, 0.3) is 0 Å². The van der Waals surface area contributed by atoms with Crippen molar-refractivity contribution in [2.24, 2.45) is 0 Å². The molecule has 0 saturated carbocycles. The van der Waals surface area contributed by atoms with Crippen molar-refractivity contribution in [3.05, 3.63) is 71.6 Å². The third-order valence-corrected chi connectivity index (χ3v) is 2.90. The minimum absolute atomic E-state index is 0.227. The zero-order valence-electron chi connectivity index (χ0n) is 11.7. The van der Waals surface area contributed by atoms with E-state index in [1.54, 1.807) is 25.3 Å². The maximum absolute atomic E-state index is 13.0. The topological polar surface area (TPSA) is 38.3 Å². The molecule has 0 aliphatic heterocycles. The highest BCUT2D eigenvalue weighted by Crippen LogP contribution is 2.11. The third-order valence-electron chi connectivity index (χ3n) is 2.90. The monoisotopic (exact) mass is 285 g/mol. The SMILES string of the molecule is COc1ccc(CNC(=O)/C=C/c2cccc(F)c2)cc1. The van der Waals surface area contributed by atoms with E-state index in [0.717, 1.165) is 11.3 Å². The second-order valence-electron chi connectivity index (χ2n) is 4.45. The van der Waals surface area contributed by atoms with Crippen LogP contribution in [0, 0.1) is 5.82 Å². The first-order valence-corrected chi connectivity index (χ1v) is 6.52. The fourth-order valence-corrected chi connectivity index (χ4v) is 1.77. The standard InChI is InChI=1S/C17H16FNO2/c1-21-16-8-5-14(6-9-16)12-19-17(20)10-7-13-3-2-4-15(18)11-13/h2-11H,12H2,1H3,(H,19,20)/b10-7+. The minimum atomic E-state index is -0.323. The molecule has 108 valence electrons. The Morgan fingerprint density at radius 1 is 1.24 bits per heavy atom. The van der Waals surface area contributed by atoms with E-state index < -0.39 is 0 Å². The van der Waals surface area contributed by atoms with Gasteiger partial charge in [0, 0.05) is 12.6 Å². The Bertz CT molecular complexity index is 635. The molecule has 0 unspecified atom stereocenters. The van der Waals surface area contributed by atoms with Crippen LogP contribution in [0.3, 0.4) is 0 Å². The molecule has 21 heavy (non-hydrogen) atoms. The van der Waals surface area contributed by atoms with E-state index in [-0.39, 0.29) is 11.7 Å². The lowest BCUT2D eigenvalue weighted by Crippen LogP contribution is -2.20. The van der Waals surface area contributed by atoms with Crippen molar-refractivity contribution in [2.45, 2.75) is 6.54 Å². The predicted molar refractivity (Wildman–Crippen MR) is 80.3 cm³/mol. The summed E-state index contributed by atoms with van der Waals surface area (Å²) in [5.74, 6) is 0.224. The number of nitrogens with one attached hydrogen (secondary N) is 1. The highest BCUT2D eigenvalue weighted by atomic mass is 19.1. The zero-order chi connectivity index (χ0) is 15.1. The summed E-state index contributed by atoms with van der Waals surface area (Å²) >= 11 is 0. The molecule has 0 heterocycles. The molecule has 2 rings (SSSR count). The molecule has 0 bridgehead atoms. The third kappa shape index (κ3) is 4.76. The van der Waals surface area contributed by atoms with Crippen LogP contribution in [0.25, 0.3) is 6.08 Å². The van der Waals surface area contributed by atoms with Crippen molar-refractivity contribution in [3.8, 4) is 5.75 Å². The first-order chi connectivity index (χ1) is 10.2. The van der Waals surface area contributed by atoms with Gasteiger partial charge >= 0.3 is 0 Å². The molecular formula is C17H16FNO2. The number of ether oxygens (including phenoxy) is 1. The average molecular weight is 285 g/mol. The van der Waals surface area contributed by atoms with Gasteiger partial charge in [-0.2, -0.15) is 0 Å². The lowest BCUT2D eigenvalue weighted by atomic mass is 10.2. The van der Waals surface area contributed by atoms with Gasteiger partial charge in [0.05, 0.1) is 7.11 Å². The van der Waals surface area contributed by atoms with Crippen molar-refractivity contribution in [1.82, 2.24) is 5.32 Å². The van der Waals surface area contributed by atoms with Gasteiger partial charge in [-0.15, -0.1) is 0 Å². The molecule has 0 saturated heterocycles. The minimum Gasteiger partial charge on any atom is -0.497 e. The van der Waals surface area contributed by atoms with Crippen LogP contribution >= 0.6 is 0 Å². The van der Waals surface area contributed by atoms with Crippen LogP contribution in [0.1, 0.15) is 11.1 Å². The molecule has 0 radical (unpaired) electrons. The Hall–Kier alpha value is -2.62. The first-order valence-electron chi connectivity index (χ1n) is 6.52.